The number of rotatable bonds is 1. The van der Waals surface area contributed by atoms with Gasteiger partial charge in [-0.3, -0.25) is 4.79 Å². The Morgan fingerprint density at radius 1 is 1.47 bits per heavy atom. The van der Waals surface area contributed by atoms with Crippen LogP contribution in [0.3, 0.4) is 0 Å². The minimum Gasteiger partial charge on any atom is -0.337 e. The van der Waals surface area contributed by atoms with Crippen molar-refractivity contribution in [1.82, 2.24) is 19.5 Å². The second-order valence-electron chi connectivity index (χ2n) is 5.13. The van der Waals surface area contributed by atoms with Crippen LogP contribution >= 0.6 is 0 Å². The van der Waals surface area contributed by atoms with Crippen molar-refractivity contribution >= 4 is 11.6 Å². The number of aromatic nitrogens is 3. The molecular weight excluding hydrogens is 242 g/mol. The van der Waals surface area contributed by atoms with Gasteiger partial charge in [-0.05, 0) is 26.3 Å². The van der Waals surface area contributed by atoms with Gasteiger partial charge in [-0.1, -0.05) is 0 Å². The van der Waals surface area contributed by atoms with Crippen molar-refractivity contribution in [1.29, 1.82) is 0 Å². The van der Waals surface area contributed by atoms with Crippen LogP contribution in [0.1, 0.15) is 28.2 Å². The molecule has 0 bridgehead atoms. The molecule has 0 aliphatic carbocycles. The van der Waals surface area contributed by atoms with E-state index < -0.39 is 0 Å². The lowest BCUT2D eigenvalue weighted by Crippen LogP contribution is -2.31. The fourth-order valence-electron chi connectivity index (χ4n) is 2.56. The van der Waals surface area contributed by atoms with Crippen molar-refractivity contribution in [2.24, 2.45) is 5.73 Å². The predicted octanol–water partition coefficient (Wildman–Crippen LogP) is 0.519. The van der Waals surface area contributed by atoms with Gasteiger partial charge in [0.15, 0.2) is 5.65 Å². The van der Waals surface area contributed by atoms with E-state index in [2.05, 4.69) is 10.1 Å². The van der Waals surface area contributed by atoms with Gasteiger partial charge in [0, 0.05) is 30.5 Å². The first-order valence-electron chi connectivity index (χ1n) is 6.43. The van der Waals surface area contributed by atoms with E-state index in [0.29, 0.717) is 24.3 Å². The van der Waals surface area contributed by atoms with Gasteiger partial charge in [-0.15, -0.1) is 0 Å². The molecule has 2 aromatic rings. The number of aryl methyl sites for hydroxylation is 2. The second-order valence-corrected chi connectivity index (χ2v) is 5.13. The number of likely N-dealkylation sites (tertiary alicyclic amines) is 1. The quantitative estimate of drug-likeness (QED) is 0.810. The van der Waals surface area contributed by atoms with Gasteiger partial charge in [0.2, 0.25) is 0 Å². The lowest BCUT2D eigenvalue weighted by atomic mass is 10.2. The van der Waals surface area contributed by atoms with Crippen LogP contribution in [0, 0.1) is 13.8 Å². The van der Waals surface area contributed by atoms with Crippen molar-refractivity contribution in [2.75, 3.05) is 13.1 Å². The molecule has 0 aromatic carbocycles. The number of fused-ring (bicyclic) bond motifs is 1. The van der Waals surface area contributed by atoms with Gasteiger partial charge >= 0.3 is 0 Å². The van der Waals surface area contributed by atoms with E-state index in [9.17, 15) is 4.79 Å². The van der Waals surface area contributed by atoms with E-state index in [1.165, 1.54) is 0 Å². The monoisotopic (exact) mass is 259 g/mol. The number of hydrogen-bond acceptors (Lipinski definition) is 4. The molecule has 6 heteroatoms. The Balaban J connectivity index is 2.03. The van der Waals surface area contributed by atoms with Crippen molar-refractivity contribution in [3.8, 4) is 0 Å². The first-order chi connectivity index (χ1) is 9.06. The van der Waals surface area contributed by atoms with Gasteiger partial charge < -0.3 is 10.6 Å². The molecule has 3 rings (SSSR count). The molecule has 2 N–H and O–H groups in total. The van der Waals surface area contributed by atoms with E-state index in [0.717, 1.165) is 17.8 Å². The largest absolute Gasteiger partial charge is 0.337 e. The molecule has 1 atom stereocenters. The highest BCUT2D eigenvalue weighted by atomic mass is 16.2. The Labute approximate surface area is 111 Å². The molecule has 6 nitrogen and oxygen atoms in total. The summed E-state index contributed by atoms with van der Waals surface area (Å²) in [5, 5.41) is 4.25. The maximum Gasteiger partial charge on any atom is 0.259 e. The number of nitrogens with zero attached hydrogens (tertiary/aromatic N) is 4. The molecule has 2 aromatic heterocycles. The van der Waals surface area contributed by atoms with Crippen LogP contribution in [0.25, 0.3) is 5.65 Å². The van der Waals surface area contributed by atoms with E-state index in [-0.39, 0.29) is 11.9 Å². The summed E-state index contributed by atoms with van der Waals surface area (Å²) in [5.74, 6) is -0.0274. The minimum absolute atomic E-state index is 0.0274. The highest BCUT2D eigenvalue weighted by molar-refractivity contribution is 5.99. The lowest BCUT2D eigenvalue weighted by molar-refractivity contribution is 0.0792. The summed E-state index contributed by atoms with van der Waals surface area (Å²) in [4.78, 5) is 18.7. The van der Waals surface area contributed by atoms with Crippen LogP contribution in [0.2, 0.25) is 0 Å². The van der Waals surface area contributed by atoms with Gasteiger partial charge in [0.25, 0.3) is 5.91 Å². The molecule has 19 heavy (non-hydrogen) atoms. The molecule has 0 spiro atoms. The van der Waals surface area contributed by atoms with Crippen molar-refractivity contribution in [3.05, 3.63) is 29.2 Å². The number of carbonyl (C=O) groups excluding carboxylic acids is 1. The number of nitrogens with two attached hydrogens (primary N) is 1. The minimum atomic E-state index is -0.0274. The predicted molar refractivity (Wildman–Crippen MR) is 71.0 cm³/mol. The standard InChI is InChI=1S/C13H17N5O/c1-8-5-9(2)18-12(16-8)11(6-15-18)13(19)17-4-3-10(14)7-17/h5-6,10H,3-4,7,14H2,1-2H3/t10-/m0/s1. The van der Waals surface area contributed by atoms with Gasteiger partial charge in [0.1, 0.15) is 5.56 Å². The Morgan fingerprint density at radius 2 is 2.26 bits per heavy atom. The Kier molecular flexibility index (Phi) is 2.74. The number of hydrogen-bond donors (Lipinski definition) is 1. The van der Waals surface area contributed by atoms with Gasteiger partial charge in [0.05, 0.1) is 6.20 Å². The molecule has 100 valence electrons. The Bertz CT molecular complexity index is 648. The van der Waals surface area contributed by atoms with Crippen molar-refractivity contribution in [2.45, 2.75) is 26.3 Å². The number of carbonyl (C=O) groups is 1. The summed E-state index contributed by atoms with van der Waals surface area (Å²) < 4.78 is 1.70. The highest BCUT2D eigenvalue weighted by Gasteiger charge is 2.27. The average molecular weight is 259 g/mol. The normalized spacial score (nSPS) is 19.3. The third-order valence-corrected chi connectivity index (χ3v) is 3.52. The molecule has 1 amide bonds. The molecule has 0 saturated carbocycles. The SMILES string of the molecule is Cc1cc(C)n2ncc(C(=O)N3CC[C@H](N)C3)c2n1. The van der Waals surface area contributed by atoms with Crippen molar-refractivity contribution < 1.29 is 4.79 Å². The zero-order chi connectivity index (χ0) is 13.6. The third kappa shape index (κ3) is 1.98. The zero-order valence-corrected chi connectivity index (χ0v) is 11.1. The molecular formula is C13H17N5O. The average Bonchev–Trinajstić information content (AvgIpc) is 2.94. The first-order valence-corrected chi connectivity index (χ1v) is 6.43. The third-order valence-electron chi connectivity index (χ3n) is 3.52. The van der Waals surface area contributed by atoms with Crippen LogP contribution in [-0.4, -0.2) is 44.5 Å². The molecule has 0 unspecified atom stereocenters. The topological polar surface area (TPSA) is 76.5 Å². The Morgan fingerprint density at radius 3 is 2.95 bits per heavy atom. The van der Waals surface area contributed by atoms with E-state index in [1.807, 2.05) is 19.9 Å². The number of amides is 1. The molecule has 1 aliphatic rings. The van der Waals surface area contributed by atoms with E-state index in [1.54, 1.807) is 15.6 Å². The summed E-state index contributed by atoms with van der Waals surface area (Å²) in [6, 6.07) is 2.03. The fourth-order valence-corrected chi connectivity index (χ4v) is 2.56. The smallest absolute Gasteiger partial charge is 0.259 e. The summed E-state index contributed by atoms with van der Waals surface area (Å²) in [7, 11) is 0. The molecule has 1 aliphatic heterocycles. The maximum absolute atomic E-state index is 12.5. The van der Waals surface area contributed by atoms with Crippen LogP contribution < -0.4 is 5.73 Å². The van der Waals surface area contributed by atoms with Crippen molar-refractivity contribution in [3.63, 3.8) is 0 Å². The van der Waals surface area contributed by atoms with Crippen LogP contribution in [0.5, 0.6) is 0 Å². The van der Waals surface area contributed by atoms with Crippen LogP contribution in [-0.2, 0) is 0 Å². The van der Waals surface area contributed by atoms with Gasteiger partial charge in [-0.25, -0.2) is 9.50 Å². The Hall–Kier alpha value is -1.95. The summed E-state index contributed by atoms with van der Waals surface area (Å²) in [6.45, 7) is 5.19. The molecule has 3 heterocycles. The zero-order valence-electron chi connectivity index (χ0n) is 11.1. The highest BCUT2D eigenvalue weighted by Crippen LogP contribution is 2.17. The fraction of sp³-hybridized carbons (Fsp3) is 0.462. The van der Waals surface area contributed by atoms with E-state index in [4.69, 9.17) is 5.73 Å². The van der Waals surface area contributed by atoms with E-state index >= 15 is 0 Å². The lowest BCUT2D eigenvalue weighted by Gasteiger charge is -2.14. The van der Waals surface area contributed by atoms with Gasteiger partial charge in [-0.2, -0.15) is 5.10 Å². The maximum atomic E-state index is 12.5. The summed E-state index contributed by atoms with van der Waals surface area (Å²) in [5.41, 5.74) is 8.89. The molecule has 1 fully saturated rings. The molecule has 1 saturated heterocycles. The van der Waals surface area contributed by atoms with Crippen LogP contribution in [0.15, 0.2) is 12.3 Å². The summed E-state index contributed by atoms with van der Waals surface area (Å²) >= 11 is 0. The second kappa shape index (κ2) is 4.31. The first kappa shape index (κ1) is 12.1. The summed E-state index contributed by atoms with van der Waals surface area (Å²) in [6.07, 6.45) is 2.46. The molecule has 0 radical (unpaired) electrons. The van der Waals surface area contributed by atoms with Crippen LogP contribution in [0.4, 0.5) is 0 Å².